The maximum absolute atomic E-state index is 11.8. The van der Waals surface area contributed by atoms with Crippen molar-refractivity contribution < 1.29 is 4.79 Å². The molecule has 0 aliphatic heterocycles. The predicted molar refractivity (Wildman–Crippen MR) is 78.9 cm³/mol. The first kappa shape index (κ1) is 14.8. The van der Waals surface area contributed by atoms with Gasteiger partial charge in [-0.05, 0) is 33.3 Å². The molecule has 0 spiro atoms. The Balaban J connectivity index is 2.09. The van der Waals surface area contributed by atoms with E-state index >= 15 is 0 Å². The second-order valence-electron chi connectivity index (χ2n) is 4.82. The average molecular weight is 293 g/mol. The summed E-state index contributed by atoms with van der Waals surface area (Å²) in [4.78, 5) is 16.1. The zero-order valence-corrected chi connectivity index (χ0v) is 13.0. The molecular weight excluding hydrogens is 274 g/mol. The van der Waals surface area contributed by atoms with Crippen molar-refractivity contribution >= 4 is 23.4 Å². The van der Waals surface area contributed by atoms with Crippen LogP contribution in [-0.4, -0.2) is 37.3 Å². The molecule has 1 atom stereocenters. The van der Waals surface area contributed by atoms with E-state index in [1.807, 2.05) is 38.2 Å². The largest absolute Gasteiger partial charge is 0.353 e. The van der Waals surface area contributed by atoms with Crippen molar-refractivity contribution in [1.29, 1.82) is 0 Å². The predicted octanol–water partition coefficient (Wildman–Crippen LogP) is 1.75. The summed E-state index contributed by atoms with van der Waals surface area (Å²) < 4.78 is 1.87. The zero-order valence-electron chi connectivity index (χ0n) is 12.2. The molecule has 20 heavy (non-hydrogen) atoms. The summed E-state index contributed by atoms with van der Waals surface area (Å²) in [5, 5.41) is 11.8. The molecule has 0 bridgehead atoms. The summed E-state index contributed by atoms with van der Waals surface area (Å²) in [7, 11) is 0. The number of nitrogens with zero attached hydrogens (tertiary/aromatic N) is 4. The normalized spacial score (nSPS) is 12.6. The molecule has 0 aromatic carbocycles. The summed E-state index contributed by atoms with van der Waals surface area (Å²) in [6, 6.07) is 2.17. The molecule has 0 unspecified atom stereocenters. The van der Waals surface area contributed by atoms with Gasteiger partial charge in [-0.1, -0.05) is 18.7 Å². The summed E-state index contributed by atoms with van der Waals surface area (Å²) in [6.07, 6.45) is 0.923. The highest BCUT2D eigenvalue weighted by Gasteiger charge is 2.12. The van der Waals surface area contributed by atoms with Crippen LogP contribution in [-0.2, 0) is 4.79 Å². The first-order chi connectivity index (χ1) is 9.51. The Kier molecular flexibility index (Phi) is 4.59. The van der Waals surface area contributed by atoms with Crippen molar-refractivity contribution in [3.8, 4) is 0 Å². The zero-order chi connectivity index (χ0) is 14.7. The van der Waals surface area contributed by atoms with Crippen molar-refractivity contribution in [2.45, 2.75) is 45.3 Å². The van der Waals surface area contributed by atoms with Gasteiger partial charge in [0, 0.05) is 17.4 Å². The molecule has 108 valence electrons. The third kappa shape index (κ3) is 3.27. The Bertz CT molecular complexity index is 624. The standard InChI is InChI=1S/C13H19N5OS/c1-5-8(2)14-11(19)7-20-13-17-16-12-15-9(3)6-10(4)18(12)13/h6,8H,5,7H2,1-4H3,(H,14,19)/t8-/m0/s1. The van der Waals surface area contributed by atoms with E-state index < -0.39 is 0 Å². The SMILES string of the molecule is CC[C@H](C)NC(=O)CSc1nnc2nc(C)cc(C)n12. The summed E-state index contributed by atoms with van der Waals surface area (Å²) in [5.74, 6) is 0.921. The van der Waals surface area contributed by atoms with Crippen molar-refractivity contribution in [2.24, 2.45) is 0 Å². The van der Waals surface area contributed by atoms with Gasteiger partial charge in [-0.3, -0.25) is 9.20 Å². The number of hydrogen-bond acceptors (Lipinski definition) is 5. The molecule has 2 heterocycles. The van der Waals surface area contributed by atoms with Gasteiger partial charge < -0.3 is 5.32 Å². The second-order valence-corrected chi connectivity index (χ2v) is 5.76. The summed E-state index contributed by atoms with van der Waals surface area (Å²) in [6.45, 7) is 7.94. The van der Waals surface area contributed by atoms with Gasteiger partial charge in [0.1, 0.15) is 0 Å². The Morgan fingerprint density at radius 3 is 2.90 bits per heavy atom. The first-order valence-corrected chi connectivity index (χ1v) is 7.61. The minimum atomic E-state index is 0.0128. The molecular formula is C13H19N5OS. The van der Waals surface area contributed by atoms with Crippen LogP contribution in [0.5, 0.6) is 0 Å². The van der Waals surface area contributed by atoms with Gasteiger partial charge in [0.25, 0.3) is 5.78 Å². The Morgan fingerprint density at radius 2 is 2.20 bits per heavy atom. The van der Waals surface area contributed by atoms with E-state index in [1.165, 1.54) is 11.8 Å². The second kappa shape index (κ2) is 6.21. The molecule has 0 saturated heterocycles. The Hall–Kier alpha value is -1.63. The van der Waals surface area contributed by atoms with Gasteiger partial charge >= 0.3 is 0 Å². The average Bonchev–Trinajstić information content (AvgIpc) is 2.79. The molecule has 0 saturated carbocycles. The lowest BCUT2D eigenvalue weighted by Gasteiger charge is -2.10. The molecule has 2 aromatic heterocycles. The van der Waals surface area contributed by atoms with Crippen LogP contribution in [0.1, 0.15) is 31.7 Å². The van der Waals surface area contributed by atoms with Crippen LogP contribution in [0.3, 0.4) is 0 Å². The molecule has 1 N–H and O–H groups in total. The lowest BCUT2D eigenvalue weighted by Crippen LogP contribution is -2.33. The minimum absolute atomic E-state index is 0.0128. The monoisotopic (exact) mass is 293 g/mol. The number of carbonyl (C=O) groups excluding carboxylic acids is 1. The van der Waals surface area contributed by atoms with Gasteiger partial charge in [0.15, 0.2) is 5.16 Å². The van der Waals surface area contributed by atoms with Gasteiger partial charge in [-0.2, -0.15) is 0 Å². The van der Waals surface area contributed by atoms with Crippen molar-refractivity contribution in [3.05, 3.63) is 17.5 Å². The molecule has 0 fully saturated rings. The topological polar surface area (TPSA) is 72.2 Å². The van der Waals surface area contributed by atoms with Gasteiger partial charge in [0.05, 0.1) is 5.75 Å². The number of carbonyl (C=O) groups is 1. The van der Waals surface area contributed by atoms with E-state index in [1.54, 1.807) is 0 Å². The number of fused-ring (bicyclic) bond motifs is 1. The van der Waals surface area contributed by atoms with Crippen LogP contribution < -0.4 is 5.32 Å². The molecule has 0 radical (unpaired) electrons. The third-order valence-electron chi connectivity index (χ3n) is 3.02. The fourth-order valence-corrected chi connectivity index (χ4v) is 2.64. The highest BCUT2D eigenvalue weighted by atomic mass is 32.2. The molecule has 7 heteroatoms. The fraction of sp³-hybridized carbons (Fsp3) is 0.538. The molecule has 0 aliphatic rings. The maximum atomic E-state index is 11.8. The third-order valence-corrected chi connectivity index (χ3v) is 3.94. The van der Waals surface area contributed by atoms with Crippen LogP contribution in [0.2, 0.25) is 0 Å². The molecule has 2 aromatic rings. The summed E-state index contributed by atoms with van der Waals surface area (Å²) >= 11 is 1.37. The summed E-state index contributed by atoms with van der Waals surface area (Å²) in [5.41, 5.74) is 1.93. The number of aromatic nitrogens is 4. The van der Waals surface area contributed by atoms with E-state index in [2.05, 4.69) is 20.5 Å². The van der Waals surface area contributed by atoms with Crippen LogP contribution in [0.4, 0.5) is 0 Å². The first-order valence-electron chi connectivity index (χ1n) is 6.62. The number of aryl methyl sites for hydroxylation is 2. The van der Waals surface area contributed by atoms with E-state index in [0.717, 1.165) is 17.8 Å². The fourth-order valence-electron chi connectivity index (χ4n) is 1.84. The van der Waals surface area contributed by atoms with E-state index in [0.29, 0.717) is 16.7 Å². The smallest absolute Gasteiger partial charge is 0.256 e. The molecule has 0 aliphatic carbocycles. The van der Waals surface area contributed by atoms with Crippen molar-refractivity contribution in [3.63, 3.8) is 0 Å². The molecule has 1 amide bonds. The van der Waals surface area contributed by atoms with Gasteiger partial charge in [-0.15, -0.1) is 10.2 Å². The number of nitrogens with one attached hydrogen (secondary N) is 1. The number of rotatable bonds is 5. The van der Waals surface area contributed by atoms with Gasteiger partial charge in [0.2, 0.25) is 5.91 Å². The van der Waals surface area contributed by atoms with Crippen molar-refractivity contribution in [2.75, 3.05) is 5.75 Å². The van der Waals surface area contributed by atoms with Gasteiger partial charge in [-0.25, -0.2) is 4.98 Å². The minimum Gasteiger partial charge on any atom is -0.353 e. The van der Waals surface area contributed by atoms with Crippen LogP contribution >= 0.6 is 11.8 Å². The Labute approximate surface area is 122 Å². The maximum Gasteiger partial charge on any atom is 0.256 e. The highest BCUT2D eigenvalue weighted by Crippen LogP contribution is 2.18. The van der Waals surface area contributed by atoms with Crippen LogP contribution in [0.25, 0.3) is 5.78 Å². The number of thioether (sulfide) groups is 1. The van der Waals surface area contributed by atoms with E-state index in [-0.39, 0.29) is 11.9 Å². The number of hydrogen-bond donors (Lipinski definition) is 1. The van der Waals surface area contributed by atoms with Crippen molar-refractivity contribution in [1.82, 2.24) is 24.9 Å². The molecule has 2 rings (SSSR count). The number of amides is 1. The lowest BCUT2D eigenvalue weighted by molar-refractivity contribution is -0.119. The Morgan fingerprint density at radius 1 is 1.45 bits per heavy atom. The van der Waals surface area contributed by atoms with E-state index in [4.69, 9.17) is 0 Å². The van der Waals surface area contributed by atoms with Crippen LogP contribution in [0, 0.1) is 13.8 Å². The highest BCUT2D eigenvalue weighted by molar-refractivity contribution is 7.99. The lowest BCUT2D eigenvalue weighted by atomic mass is 10.3. The van der Waals surface area contributed by atoms with E-state index in [9.17, 15) is 4.79 Å². The quantitative estimate of drug-likeness (QED) is 0.850. The molecule has 6 nitrogen and oxygen atoms in total. The van der Waals surface area contributed by atoms with Crippen LogP contribution in [0.15, 0.2) is 11.2 Å².